The van der Waals surface area contributed by atoms with E-state index in [1.807, 2.05) is 34.6 Å². The maximum Gasteiger partial charge on any atom is 0.312 e. The molecule has 0 radical (unpaired) electrons. The Balaban J connectivity index is 1.40. The molecule has 0 amide bonds. The molecule has 4 aliphatic carbocycles. The Hall–Kier alpha value is -0.830. The fraction of sp³-hybridized carbons (Fsp3) is 0.923. The monoisotopic (exact) mass is 585 g/mol. The molecule has 0 heterocycles. The molecule has 4 aliphatic rings. The van der Waals surface area contributed by atoms with Crippen LogP contribution in [0.3, 0.4) is 0 Å². The van der Waals surface area contributed by atoms with Crippen molar-refractivity contribution in [3.8, 4) is 0 Å². The van der Waals surface area contributed by atoms with Gasteiger partial charge in [-0.25, -0.2) is 0 Å². The van der Waals surface area contributed by atoms with E-state index >= 15 is 0 Å². The Bertz CT molecular complexity index is 982. The van der Waals surface area contributed by atoms with Gasteiger partial charge in [-0.05, 0) is 153 Å². The highest BCUT2D eigenvalue weighted by Gasteiger charge is 2.59. The number of ether oxygens (including phenoxy) is 2. The van der Waals surface area contributed by atoms with Gasteiger partial charge in [-0.1, -0.05) is 65.5 Å². The van der Waals surface area contributed by atoms with Gasteiger partial charge in [0, 0.05) is 0 Å². The second-order valence-corrected chi connectivity index (χ2v) is 18.6. The van der Waals surface area contributed by atoms with Crippen LogP contribution >= 0.6 is 0 Å². The second kappa shape index (κ2) is 12.2. The third-order valence-electron chi connectivity index (χ3n) is 12.6. The first-order valence-corrected chi connectivity index (χ1v) is 17.9. The maximum absolute atomic E-state index is 13.0. The predicted octanol–water partition coefficient (Wildman–Crippen LogP) is 10.9. The van der Waals surface area contributed by atoms with Crippen LogP contribution in [0, 0.1) is 51.8 Å². The number of esters is 1. The summed E-state index contributed by atoms with van der Waals surface area (Å²) in [5, 5.41) is 0. The van der Waals surface area contributed by atoms with E-state index in [4.69, 9.17) is 9.47 Å². The number of allylic oxidation sites excluding steroid dienone is 1. The summed E-state index contributed by atoms with van der Waals surface area (Å²) in [7, 11) is 0. The Morgan fingerprint density at radius 1 is 0.929 bits per heavy atom. The Kier molecular flexibility index (Phi) is 9.86. The molecule has 0 aromatic carbocycles. The fourth-order valence-corrected chi connectivity index (χ4v) is 10.8. The number of hydrogen-bond acceptors (Lipinski definition) is 3. The fourth-order valence-electron chi connectivity index (χ4n) is 10.8. The van der Waals surface area contributed by atoms with Gasteiger partial charge in [0.1, 0.15) is 5.60 Å². The Morgan fingerprint density at radius 3 is 2.26 bits per heavy atom. The van der Waals surface area contributed by atoms with Crippen molar-refractivity contribution in [2.75, 3.05) is 0 Å². The lowest BCUT2D eigenvalue weighted by atomic mass is 9.47. The minimum absolute atomic E-state index is 0.132. The minimum atomic E-state index is -0.586. The molecule has 3 nitrogen and oxygen atoms in total. The van der Waals surface area contributed by atoms with E-state index in [9.17, 15) is 4.79 Å². The highest BCUT2D eigenvalue weighted by atomic mass is 16.6. The van der Waals surface area contributed by atoms with E-state index < -0.39 is 11.0 Å². The molecule has 3 saturated carbocycles. The van der Waals surface area contributed by atoms with Gasteiger partial charge < -0.3 is 9.47 Å². The van der Waals surface area contributed by atoms with Gasteiger partial charge in [0.15, 0.2) is 0 Å². The van der Waals surface area contributed by atoms with E-state index in [1.165, 1.54) is 57.8 Å². The molecule has 0 aromatic rings. The summed E-state index contributed by atoms with van der Waals surface area (Å²) in [4.78, 5) is 13.0. The zero-order valence-corrected chi connectivity index (χ0v) is 29.8. The van der Waals surface area contributed by atoms with Gasteiger partial charge in [0.2, 0.25) is 0 Å². The average Bonchev–Trinajstić information content (AvgIpc) is 3.19. The highest BCUT2D eigenvalue weighted by Crippen LogP contribution is 2.67. The molecule has 4 rings (SSSR count). The van der Waals surface area contributed by atoms with Crippen LogP contribution < -0.4 is 0 Å². The van der Waals surface area contributed by atoms with Gasteiger partial charge in [0.05, 0.1) is 17.1 Å². The number of fused-ring (bicyclic) bond motifs is 5. The lowest BCUT2D eigenvalue weighted by Gasteiger charge is -2.58. The molecule has 0 aromatic heterocycles. The third kappa shape index (κ3) is 7.18. The molecule has 0 aliphatic heterocycles. The lowest BCUT2D eigenvalue weighted by Crippen LogP contribution is -2.51. The SMILES string of the molecule is CC(C)CCC[C@@H](C)[C@H]1CCC2C3CC=C4C[C@@H](OC(C)(C)CC(C)(C)C(=O)OC(C)(C)C)CC[C@]4(C)C3CC[C@@]21C. The smallest absolute Gasteiger partial charge is 0.312 e. The molecule has 3 fully saturated rings. The molecule has 3 heteroatoms. The predicted molar refractivity (Wildman–Crippen MR) is 176 cm³/mol. The lowest BCUT2D eigenvalue weighted by molar-refractivity contribution is -0.173. The van der Waals surface area contributed by atoms with Gasteiger partial charge in [-0.2, -0.15) is 0 Å². The summed E-state index contributed by atoms with van der Waals surface area (Å²) in [6.45, 7) is 26.8. The van der Waals surface area contributed by atoms with Crippen molar-refractivity contribution >= 4 is 5.97 Å². The Labute approximate surface area is 260 Å². The highest BCUT2D eigenvalue weighted by molar-refractivity contribution is 5.76. The standard InChI is InChI=1S/C39H68O3/c1-26(2)14-13-15-27(3)31-18-19-32-30-17-16-28-24-29(20-22-38(28,11)33(30)21-23-39(31,32)12)41-37(9,10)25-36(7,8)34(40)42-35(4,5)6/h16,26-27,29-33H,13-15,17-25H2,1-12H3/t27-,29+,30?,31-,32?,33?,38+,39-/m1/s1. The van der Waals surface area contributed by atoms with Crippen molar-refractivity contribution in [1.82, 2.24) is 0 Å². The van der Waals surface area contributed by atoms with E-state index in [0.29, 0.717) is 17.3 Å². The normalized spacial score (nSPS) is 36.1. The summed E-state index contributed by atoms with van der Waals surface area (Å²) in [6, 6.07) is 0. The van der Waals surface area contributed by atoms with Crippen molar-refractivity contribution in [2.45, 2.75) is 177 Å². The van der Waals surface area contributed by atoms with Crippen molar-refractivity contribution in [1.29, 1.82) is 0 Å². The van der Waals surface area contributed by atoms with Gasteiger partial charge in [0.25, 0.3) is 0 Å². The summed E-state index contributed by atoms with van der Waals surface area (Å²) in [5.74, 6) is 5.11. The van der Waals surface area contributed by atoms with Crippen molar-refractivity contribution in [2.24, 2.45) is 51.8 Å². The van der Waals surface area contributed by atoms with Crippen LogP contribution in [-0.2, 0) is 14.3 Å². The number of carbonyl (C=O) groups excluding carboxylic acids is 1. The molecular weight excluding hydrogens is 516 g/mol. The maximum atomic E-state index is 13.0. The average molecular weight is 585 g/mol. The molecule has 242 valence electrons. The first-order valence-electron chi connectivity index (χ1n) is 17.9. The van der Waals surface area contributed by atoms with Crippen LogP contribution in [0.2, 0.25) is 0 Å². The van der Waals surface area contributed by atoms with Crippen LogP contribution in [0.5, 0.6) is 0 Å². The van der Waals surface area contributed by atoms with E-state index in [2.05, 4.69) is 54.5 Å². The topological polar surface area (TPSA) is 35.5 Å². The van der Waals surface area contributed by atoms with Crippen LogP contribution in [0.25, 0.3) is 0 Å². The van der Waals surface area contributed by atoms with Crippen molar-refractivity contribution < 1.29 is 14.3 Å². The molecule has 0 spiro atoms. The zero-order valence-electron chi connectivity index (χ0n) is 29.8. The summed E-state index contributed by atoms with van der Waals surface area (Å²) >= 11 is 0. The van der Waals surface area contributed by atoms with Gasteiger partial charge in [-0.3, -0.25) is 4.79 Å². The van der Waals surface area contributed by atoms with Crippen molar-refractivity contribution in [3.05, 3.63) is 11.6 Å². The minimum Gasteiger partial charge on any atom is -0.460 e. The van der Waals surface area contributed by atoms with E-state index in [1.54, 1.807) is 5.57 Å². The van der Waals surface area contributed by atoms with Crippen LogP contribution in [0.1, 0.15) is 160 Å². The molecular formula is C39H68O3. The largest absolute Gasteiger partial charge is 0.460 e. The molecule has 3 unspecified atom stereocenters. The Morgan fingerprint density at radius 2 is 1.62 bits per heavy atom. The van der Waals surface area contributed by atoms with Gasteiger partial charge >= 0.3 is 5.97 Å². The number of rotatable bonds is 10. The van der Waals surface area contributed by atoms with Crippen LogP contribution in [0.15, 0.2) is 11.6 Å². The molecule has 0 saturated heterocycles. The van der Waals surface area contributed by atoms with Crippen LogP contribution in [0.4, 0.5) is 0 Å². The second-order valence-electron chi connectivity index (χ2n) is 18.6. The molecule has 42 heavy (non-hydrogen) atoms. The summed E-state index contributed by atoms with van der Waals surface area (Å²) < 4.78 is 12.6. The first kappa shape index (κ1) is 34.1. The first-order chi connectivity index (χ1) is 19.3. The number of hydrogen-bond donors (Lipinski definition) is 0. The van der Waals surface area contributed by atoms with Crippen LogP contribution in [-0.4, -0.2) is 23.3 Å². The van der Waals surface area contributed by atoms with E-state index in [0.717, 1.165) is 48.3 Å². The zero-order chi connectivity index (χ0) is 31.3. The molecule has 0 bridgehead atoms. The number of carbonyl (C=O) groups is 1. The van der Waals surface area contributed by atoms with Gasteiger partial charge in [-0.15, -0.1) is 0 Å². The summed E-state index contributed by atoms with van der Waals surface area (Å²) in [6.07, 6.45) is 18.3. The quantitative estimate of drug-likeness (QED) is 0.189. The van der Waals surface area contributed by atoms with Crippen molar-refractivity contribution in [3.63, 3.8) is 0 Å². The molecule has 8 atom stereocenters. The summed E-state index contributed by atoms with van der Waals surface area (Å²) in [5.41, 5.74) is 1.13. The van der Waals surface area contributed by atoms with E-state index in [-0.39, 0.29) is 17.7 Å². The third-order valence-corrected chi connectivity index (χ3v) is 12.6. The molecule has 0 N–H and O–H groups in total.